The topological polar surface area (TPSA) is 81.8 Å². The zero-order valence-electron chi connectivity index (χ0n) is 12.9. The molecule has 0 aromatic carbocycles. The first-order chi connectivity index (χ1) is 10.5. The molecule has 22 heavy (non-hydrogen) atoms. The van der Waals surface area contributed by atoms with Crippen LogP contribution in [0.15, 0.2) is 10.6 Å². The first-order valence-electron chi connectivity index (χ1n) is 7.89. The molecule has 120 valence electrons. The van der Waals surface area contributed by atoms with E-state index >= 15 is 0 Å². The standard InChI is InChI=1S/C16H21NO5/c1-9(2)12(13(18)19)10-5-11(17-22-10)15-6-16(7-15,8-15)14-20-3-4-21-14/h5,9,12,14H,3-4,6-8H2,1-2H3,(H,18,19). The molecule has 1 aromatic heterocycles. The fraction of sp³-hybridized carbons (Fsp3) is 0.750. The summed E-state index contributed by atoms with van der Waals surface area (Å²) >= 11 is 0. The van der Waals surface area contributed by atoms with Crippen molar-refractivity contribution in [2.24, 2.45) is 11.3 Å². The monoisotopic (exact) mass is 307 g/mol. The maximum absolute atomic E-state index is 11.4. The molecule has 2 bridgehead atoms. The van der Waals surface area contributed by atoms with Gasteiger partial charge < -0.3 is 19.1 Å². The van der Waals surface area contributed by atoms with Crippen molar-refractivity contribution in [2.45, 2.75) is 50.7 Å². The van der Waals surface area contributed by atoms with Crippen molar-refractivity contribution in [3.63, 3.8) is 0 Å². The van der Waals surface area contributed by atoms with Gasteiger partial charge in [0, 0.05) is 16.9 Å². The summed E-state index contributed by atoms with van der Waals surface area (Å²) in [5.41, 5.74) is 1.10. The van der Waals surface area contributed by atoms with E-state index < -0.39 is 11.9 Å². The van der Waals surface area contributed by atoms with Gasteiger partial charge in [0.2, 0.25) is 0 Å². The molecule has 3 aliphatic carbocycles. The highest BCUT2D eigenvalue weighted by Gasteiger charge is 2.73. The average molecular weight is 307 g/mol. The summed E-state index contributed by atoms with van der Waals surface area (Å²) in [7, 11) is 0. The lowest BCUT2D eigenvalue weighted by Crippen LogP contribution is -2.69. The Morgan fingerprint density at radius 3 is 2.50 bits per heavy atom. The number of aromatic nitrogens is 1. The van der Waals surface area contributed by atoms with Gasteiger partial charge in [-0.25, -0.2) is 0 Å². The fourth-order valence-electron chi connectivity index (χ4n) is 4.52. The second-order valence-electron chi connectivity index (χ2n) is 7.42. The van der Waals surface area contributed by atoms with Crippen molar-refractivity contribution in [2.75, 3.05) is 13.2 Å². The zero-order valence-corrected chi connectivity index (χ0v) is 12.9. The second-order valence-corrected chi connectivity index (χ2v) is 7.42. The van der Waals surface area contributed by atoms with Crippen LogP contribution in [0, 0.1) is 11.3 Å². The predicted octanol–water partition coefficient (Wildman–Crippen LogP) is 2.29. The van der Waals surface area contributed by atoms with Crippen LogP contribution in [0.25, 0.3) is 0 Å². The first kappa shape index (κ1) is 14.2. The van der Waals surface area contributed by atoms with Gasteiger partial charge in [-0.15, -0.1) is 0 Å². The third-order valence-corrected chi connectivity index (χ3v) is 5.50. The third-order valence-electron chi connectivity index (χ3n) is 5.50. The Morgan fingerprint density at radius 2 is 1.95 bits per heavy atom. The van der Waals surface area contributed by atoms with Crippen molar-refractivity contribution in [3.05, 3.63) is 17.5 Å². The molecule has 1 unspecified atom stereocenters. The Balaban J connectivity index is 1.49. The summed E-state index contributed by atoms with van der Waals surface area (Å²) in [4.78, 5) is 11.4. The second kappa shape index (κ2) is 4.55. The molecular weight excluding hydrogens is 286 g/mol. The summed E-state index contributed by atoms with van der Waals surface area (Å²) in [5, 5.41) is 13.5. The van der Waals surface area contributed by atoms with Crippen LogP contribution in [0.2, 0.25) is 0 Å². The van der Waals surface area contributed by atoms with Crippen molar-refractivity contribution in [3.8, 4) is 0 Å². The number of carboxylic acid groups (broad SMARTS) is 1. The van der Waals surface area contributed by atoms with E-state index in [1.165, 1.54) is 0 Å². The lowest BCUT2D eigenvalue weighted by atomic mass is 9.34. The molecule has 1 saturated heterocycles. The molecule has 6 heteroatoms. The van der Waals surface area contributed by atoms with Gasteiger partial charge in [-0.3, -0.25) is 4.79 Å². The molecule has 5 rings (SSSR count). The average Bonchev–Trinajstić information content (AvgIpc) is 2.97. The number of nitrogens with zero attached hydrogens (tertiary/aromatic N) is 1. The molecule has 0 spiro atoms. The predicted molar refractivity (Wildman–Crippen MR) is 75.4 cm³/mol. The molecule has 1 aromatic rings. The smallest absolute Gasteiger partial charge is 0.314 e. The number of aliphatic carboxylic acids is 1. The number of hydrogen-bond acceptors (Lipinski definition) is 5. The summed E-state index contributed by atoms with van der Waals surface area (Å²) in [5.74, 6) is -1.06. The van der Waals surface area contributed by atoms with Gasteiger partial charge in [-0.1, -0.05) is 19.0 Å². The molecular formula is C16H21NO5. The maximum Gasteiger partial charge on any atom is 0.314 e. The minimum Gasteiger partial charge on any atom is -0.481 e. The Labute approximate surface area is 128 Å². The highest BCUT2D eigenvalue weighted by atomic mass is 16.7. The van der Waals surface area contributed by atoms with E-state index in [-0.39, 0.29) is 23.0 Å². The quantitative estimate of drug-likeness (QED) is 0.899. The van der Waals surface area contributed by atoms with Gasteiger partial charge >= 0.3 is 5.97 Å². The van der Waals surface area contributed by atoms with Crippen LogP contribution in [-0.2, 0) is 19.7 Å². The molecule has 1 atom stereocenters. The Hall–Kier alpha value is -1.40. The zero-order chi connectivity index (χ0) is 15.5. The van der Waals surface area contributed by atoms with Crippen LogP contribution >= 0.6 is 0 Å². The minimum atomic E-state index is -0.862. The number of carbonyl (C=O) groups is 1. The van der Waals surface area contributed by atoms with E-state index in [1.54, 1.807) is 0 Å². The summed E-state index contributed by atoms with van der Waals surface area (Å²) < 4.78 is 16.6. The molecule has 0 amide bonds. The normalized spacial score (nSPS) is 35.2. The maximum atomic E-state index is 11.4. The molecule has 1 aliphatic heterocycles. The molecule has 0 radical (unpaired) electrons. The molecule has 4 fully saturated rings. The lowest BCUT2D eigenvalue weighted by Gasteiger charge is -2.70. The van der Waals surface area contributed by atoms with E-state index in [1.807, 2.05) is 19.9 Å². The van der Waals surface area contributed by atoms with Crippen LogP contribution in [0.4, 0.5) is 0 Å². The summed E-state index contributed by atoms with van der Waals surface area (Å²) in [6.07, 6.45) is 2.92. The minimum absolute atomic E-state index is 0.0297. The molecule has 1 N–H and O–H groups in total. The van der Waals surface area contributed by atoms with Gasteiger partial charge in [0.15, 0.2) is 12.1 Å². The summed E-state index contributed by atoms with van der Waals surface area (Å²) in [6.45, 7) is 5.13. The van der Waals surface area contributed by atoms with Gasteiger partial charge in [0.05, 0.1) is 18.9 Å². The van der Waals surface area contributed by atoms with E-state index in [9.17, 15) is 9.90 Å². The molecule has 2 heterocycles. The van der Waals surface area contributed by atoms with Gasteiger partial charge in [0.1, 0.15) is 5.92 Å². The van der Waals surface area contributed by atoms with E-state index in [4.69, 9.17) is 14.0 Å². The number of ether oxygens (including phenoxy) is 2. The number of rotatable bonds is 5. The van der Waals surface area contributed by atoms with Crippen molar-refractivity contribution < 1.29 is 23.9 Å². The molecule has 3 saturated carbocycles. The fourth-order valence-corrected chi connectivity index (χ4v) is 4.52. The van der Waals surface area contributed by atoms with Crippen molar-refractivity contribution in [1.82, 2.24) is 5.16 Å². The number of hydrogen-bond donors (Lipinski definition) is 1. The van der Waals surface area contributed by atoms with Crippen LogP contribution in [0.3, 0.4) is 0 Å². The van der Waals surface area contributed by atoms with Gasteiger partial charge in [0.25, 0.3) is 0 Å². The van der Waals surface area contributed by atoms with Crippen LogP contribution in [0.5, 0.6) is 0 Å². The van der Waals surface area contributed by atoms with Crippen LogP contribution in [-0.4, -0.2) is 35.7 Å². The largest absolute Gasteiger partial charge is 0.481 e. The van der Waals surface area contributed by atoms with E-state index in [0.717, 1.165) is 25.0 Å². The third kappa shape index (κ3) is 1.80. The van der Waals surface area contributed by atoms with Gasteiger partial charge in [-0.2, -0.15) is 0 Å². The van der Waals surface area contributed by atoms with Crippen LogP contribution in [0.1, 0.15) is 50.5 Å². The van der Waals surface area contributed by atoms with E-state index in [2.05, 4.69) is 5.16 Å². The SMILES string of the molecule is CC(C)C(C(=O)O)c1cc(C23CC(C4OCCO4)(C2)C3)no1. The summed E-state index contributed by atoms with van der Waals surface area (Å²) in [6, 6.07) is 1.85. The lowest BCUT2D eigenvalue weighted by molar-refractivity contribution is -0.273. The Kier molecular flexibility index (Phi) is 2.94. The van der Waals surface area contributed by atoms with Crippen molar-refractivity contribution in [1.29, 1.82) is 0 Å². The molecule has 6 nitrogen and oxygen atoms in total. The van der Waals surface area contributed by atoms with Gasteiger partial charge in [-0.05, 0) is 25.2 Å². The first-order valence-corrected chi connectivity index (χ1v) is 7.89. The molecule has 4 aliphatic rings. The van der Waals surface area contributed by atoms with Crippen molar-refractivity contribution >= 4 is 5.97 Å². The van der Waals surface area contributed by atoms with E-state index in [0.29, 0.717) is 19.0 Å². The highest BCUT2D eigenvalue weighted by Crippen LogP contribution is 2.75. The van der Waals surface area contributed by atoms with Crippen LogP contribution < -0.4 is 0 Å². The Bertz CT molecular complexity index is 582. The Morgan fingerprint density at radius 1 is 1.32 bits per heavy atom. The highest BCUT2D eigenvalue weighted by molar-refractivity contribution is 5.75. The number of carboxylic acids is 1.